The van der Waals surface area contributed by atoms with Gasteiger partial charge < -0.3 is 15.4 Å². The highest BCUT2D eigenvalue weighted by atomic mass is 35.5. The van der Waals surface area contributed by atoms with E-state index in [0.717, 1.165) is 16.9 Å². The van der Waals surface area contributed by atoms with Gasteiger partial charge in [-0.05, 0) is 48.9 Å². The van der Waals surface area contributed by atoms with Gasteiger partial charge in [0, 0.05) is 34.4 Å². The van der Waals surface area contributed by atoms with Crippen LogP contribution in [0.3, 0.4) is 0 Å². The lowest BCUT2D eigenvalue weighted by Crippen LogP contribution is -2.12. The van der Waals surface area contributed by atoms with Crippen molar-refractivity contribution in [2.45, 2.75) is 12.8 Å². The van der Waals surface area contributed by atoms with Crippen molar-refractivity contribution in [3.8, 4) is 17.0 Å². The molecule has 0 saturated carbocycles. The molecule has 0 aliphatic rings. The van der Waals surface area contributed by atoms with Crippen LogP contribution >= 0.6 is 23.2 Å². The Morgan fingerprint density at radius 2 is 1.65 bits per heavy atom. The van der Waals surface area contributed by atoms with Gasteiger partial charge in [0.05, 0.1) is 17.3 Å². The van der Waals surface area contributed by atoms with E-state index in [2.05, 4.69) is 20.6 Å². The summed E-state index contributed by atoms with van der Waals surface area (Å²) in [6.45, 7) is 0.377. The lowest BCUT2D eigenvalue weighted by atomic mass is 10.1. The number of hydrogen-bond donors (Lipinski definition) is 2. The molecule has 1 heterocycles. The highest BCUT2D eigenvalue weighted by molar-refractivity contribution is 6.35. The molecule has 4 rings (SSSR count). The van der Waals surface area contributed by atoms with E-state index >= 15 is 0 Å². The quantitative estimate of drug-likeness (QED) is 0.246. The molecule has 0 saturated heterocycles. The molecule has 8 heteroatoms. The molecule has 0 spiro atoms. The van der Waals surface area contributed by atoms with E-state index in [9.17, 15) is 4.79 Å². The summed E-state index contributed by atoms with van der Waals surface area (Å²) in [5.41, 5.74) is 3.42. The molecule has 0 unspecified atom stereocenters. The lowest BCUT2D eigenvalue weighted by Gasteiger charge is -2.10. The van der Waals surface area contributed by atoms with Gasteiger partial charge >= 0.3 is 0 Å². The van der Waals surface area contributed by atoms with E-state index in [1.165, 1.54) is 6.33 Å². The molecule has 0 atom stereocenters. The van der Waals surface area contributed by atoms with Gasteiger partial charge in [0.25, 0.3) is 0 Å². The number of nitrogens with one attached hydrogen (secondary N) is 2. The number of carbonyl (C=O) groups is 1. The molecule has 4 aromatic rings. The predicted octanol–water partition coefficient (Wildman–Crippen LogP) is 6.99. The number of anilines is 3. The molecule has 34 heavy (non-hydrogen) atoms. The fourth-order valence-corrected chi connectivity index (χ4v) is 3.67. The monoisotopic (exact) mass is 492 g/mol. The smallest absolute Gasteiger partial charge is 0.224 e. The summed E-state index contributed by atoms with van der Waals surface area (Å²) in [6, 6.07) is 24.3. The van der Waals surface area contributed by atoms with E-state index in [1.54, 1.807) is 18.2 Å². The van der Waals surface area contributed by atoms with Crippen molar-refractivity contribution in [2.24, 2.45) is 0 Å². The number of carbonyl (C=O) groups excluding carboxylic acids is 1. The van der Waals surface area contributed by atoms with Gasteiger partial charge in [0.2, 0.25) is 5.91 Å². The zero-order valence-corrected chi connectivity index (χ0v) is 19.7. The summed E-state index contributed by atoms with van der Waals surface area (Å²) in [7, 11) is 0. The molecule has 0 radical (unpaired) electrons. The van der Waals surface area contributed by atoms with E-state index < -0.39 is 0 Å². The van der Waals surface area contributed by atoms with Gasteiger partial charge in [-0.3, -0.25) is 4.79 Å². The van der Waals surface area contributed by atoms with Gasteiger partial charge in [-0.1, -0.05) is 53.5 Å². The zero-order chi connectivity index (χ0) is 23.8. The number of nitrogens with zero attached hydrogens (tertiary/aromatic N) is 2. The largest absolute Gasteiger partial charge is 0.492 e. The van der Waals surface area contributed by atoms with Crippen LogP contribution in [0.25, 0.3) is 11.3 Å². The minimum absolute atomic E-state index is 0.0881. The van der Waals surface area contributed by atoms with Crippen LogP contribution in [0.4, 0.5) is 17.2 Å². The fourth-order valence-electron chi connectivity index (χ4n) is 3.21. The summed E-state index contributed by atoms with van der Waals surface area (Å²) < 4.78 is 5.61. The molecular formula is C26H22Cl2N4O2. The minimum Gasteiger partial charge on any atom is -0.492 e. The van der Waals surface area contributed by atoms with Crippen LogP contribution in [-0.2, 0) is 4.79 Å². The second kappa shape index (κ2) is 11.5. The summed E-state index contributed by atoms with van der Waals surface area (Å²) in [6.07, 6.45) is 2.42. The van der Waals surface area contributed by atoms with Crippen LogP contribution in [0.5, 0.6) is 5.75 Å². The number of rotatable bonds is 9. The third-order valence-electron chi connectivity index (χ3n) is 4.88. The normalized spacial score (nSPS) is 10.5. The summed E-state index contributed by atoms with van der Waals surface area (Å²) in [5.74, 6) is 1.15. The first-order chi connectivity index (χ1) is 16.6. The molecule has 3 aromatic carbocycles. The summed E-state index contributed by atoms with van der Waals surface area (Å²) in [4.78, 5) is 20.9. The Bertz CT molecular complexity index is 1250. The maximum Gasteiger partial charge on any atom is 0.224 e. The van der Waals surface area contributed by atoms with Crippen molar-refractivity contribution >= 4 is 46.3 Å². The Morgan fingerprint density at radius 3 is 2.41 bits per heavy atom. The lowest BCUT2D eigenvalue weighted by molar-refractivity contribution is -0.116. The molecule has 0 bridgehead atoms. The average molecular weight is 493 g/mol. The number of hydrogen-bond acceptors (Lipinski definition) is 5. The van der Waals surface area contributed by atoms with E-state index in [1.807, 2.05) is 60.7 Å². The molecule has 172 valence electrons. The van der Waals surface area contributed by atoms with Crippen LogP contribution < -0.4 is 15.4 Å². The zero-order valence-electron chi connectivity index (χ0n) is 18.2. The SMILES string of the molecule is O=C(CCCOc1ccc(Cl)cc1Cl)Nc1ccc(Nc2cc(-c3ccccc3)ncn2)cc1. The van der Waals surface area contributed by atoms with Crippen molar-refractivity contribution in [3.63, 3.8) is 0 Å². The standard InChI is InChI=1S/C26H22Cl2N4O2/c27-19-8-13-24(22(28)15-19)34-14-4-7-26(33)32-21-11-9-20(10-12-21)31-25-16-23(29-17-30-25)18-5-2-1-3-6-18/h1-3,5-6,8-13,15-17H,4,7,14H2,(H,32,33)(H,29,30,31). The number of halogens is 2. The Kier molecular flexibility index (Phi) is 7.96. The maximum atomic E-state index is 12.2. The summed E-state index contributed by atoms with van der Waals surface area (Å²) >= 11 is 12.0. The van der Waals surface area contributed by atoms with Gasteiger partial charge in [0.15, 0.2) is 0 Å². The Hall–Kier alpha value is -3.61. The van der Waals surface area contributed by atoms with Gasteiger partial charge in [-0.25, -0.2) is 9.97 Å². The van der Waals surface area contributed by atoms with Crippen molar-refractivity contribution in [1.82, 2.24) is 9.97 Å². The Morgan fingerprint density at radius 1 is 0.882 bits per heavy atom. The topological polar surface area (TPSA) is 76.1 Å². The van der Waals surface area contributed by atoms with Crippen molar-refractivity contribution in [2.75, 3.05) is 17.2 Å². The predicted molar refractivity (Wildman–Crippen MR) is 137 cm³/mol. The van der Waals surface area contributed by atoms with E-state index in [-0.39, 0.29) is 5.91 Å². The molecular weight excluding hydrogens is 471 g/mol. The number of amides is 1. The Labute approximate surface area is 207 Å². The molecule has 0 aliphatic carbocycles. The molecule has 1 aromatic heterocycles. The number of aromatic nitrogens is 2. The van der Waals surface area contributed by atoms with Crippen LogP contribution in [0.2, 0.25) is 10.0 Å². The second-order valence-electron chi connectivity index (χ2n) is 7.43. The molecule has 6 nitrogen and oxygen atoms in total. The third-order valence-corrected chi connectivity index (χ3v) is 5.41. The molecule has 2 N–H and O–H groups in total. The third kappa shape index (κ3) is 6.70. The van der Waals surface area contributed by atoms with Gasteiger partial charge in [0.1, 0.15) is 17.9 Å². The van der Waals surface area contributed by atoms with Crippen molar-refractivity contribution < 1.29 is 9.53 Å². The fraction of sp³-hybridized carbons (Fsp3) is 0.115. The Balaban J connectivity index is 1.25. The highest BCUT2D eigenvalue weighted by Crippen LogP contribution is 2.27. The molecule has 0 fully saturated rings. The van der Waals surface area contributed by atoms with Crippen LogP contribution in [0.1, 0.15) is 12.8 Å². The molecule has 0 aliphatic heterocycles. The maximum absolute atomic E-state index is 12.2. The first-order valence-electron chi connectivity index (χ1n) is 10.7. The first-order valence-corrected chi connectivity index (χ1v) is 11.4. The summed E-state index contributed by atoms with van der Waals surface area (Å²) in [5, 5.41) is 7.15. The minimum atomic E-state index is -0.0881. The number of benzene rings is 3. The van der Waals surface area contributed by atoms with Crippen LogP contribution in [-0.4, -0.2) is 22.5 Å². The van der Waals surface area contributed by atoms with Crippen molar-refractivity contribution in [1.29, 1.82) is 0 Å². The second-order valence-corrected chi connectivity index (χ2v) is 8.28. The van der Waals surface area contributed by atoms with Gasteiger partial charge in [-0.2, -0.15) is 0 Å². The van der Waals surface area contributed by atoms with Crippen molar-refractivity contribution in [3.05, 3.63) is 95.2 Å². The average Bonchev–Trinajstić information content (AvgIpc) is 2.85. The van der Waals surface area contributed by atoms with Crippen LogP contribution in [0.15, 0.2) is 85.2 Å². The van der Waals surface area contributed by atoms with Crippen LogP contribution in [0, 0.1) is 0 Å². The van der Waals surface area contributed by atoms with E-state index in [4.69, 9.17) is 27.9 Å². The van der Waals surface area contributed by atoms with E-state index in [0.29, 0.717) is 46.7 Å². The first kappa shape index (κ1) is 23.5. The number of ether oxygens (including phenoxy) is 1. The highest BCUT2D eigenvalue weighted by Gasteiger charge is 2.06. The molecule has 1 amide bonds. The van der Waals surface area contributed by atoms with Gasteiger partial charge in [-0.15, -0.1) is 0 Å².